The van der Waals surface area contributed by atoms with Crippen LogP contribution < -0.4 is 10.6 Å². The summed E-state index contributed by atoms with van der Waals surface area (Å²) in [5.41, 5.74) is 0.899. The fraction of sp³-hybridized carbons (Fsp3) is 0.364. The van der Waals surface area contributed by atoms with Crippen LogP contribution in [-0.4, -0.2) is 24.4 Å². The van der Waals surface area contributed by atoms with E-state index in [0.29, 0.717) is 0 Å². The van der Waals surface area contributed by atoms with E-state index in [4.69, 9.17) is 0 Å². The van der Waals surface area contributed by atoms with E-state index in [1.54, 1.807) is 19.1 Å². The van der Waals surface area contributed by atoms with Crippen LogP contribution in [0.1, 0.15) is 5.56 Å². The van der Waals surface area contributed by atoms with Gasteiger partial charge in [0.05, 0.1) is 0 Å². The second kappa shape index (κ2) is 5.59. The maximum Gasteiger partial charge on any atom is 0.417 e. The Balaban J connectivity index is 2.75. The smallest absolute Gasteiger partial charge is 0.318 e. The number of anilines is 1. The molecule has 0 saturated carbocycles. The van der Waals surface area contributed by atoms with E-state index in [0.717, 1.165) is 10.9 Å². The van der Waals surface area contributed by atoms with Crippen molar-refractivity contribution in [1.82, 2.24) is 5.32 Å². The topological polar surface area (TPSA) is 41.1 Å². The minimum absolute atomic E-state index is 0.0798. The number of aryl methyl sites for hydroxylation is 1. The van der Waals surface area contributed by atoms with Crippen molar-refractivity contribution in [2.24, 2.45) is 0 Å². The zero-order valence-corrected chi connectivity index (χ0v) is 10.1. The van der Waals surface area contributed by atoms with Gasteiger partial charge in [-0.25, -0.2) is 4.79 Å². The summed E-state index contributed by atoms with van der Waals surface area (Å²) < 4.78 is 73.2. The van der Waals surface area contributed by atoms with Crippen LogP contribution in [0, 0.1) is 6.92 Å². The summed E-state index contributed by atoms with van der Waals surface area (Å²) in [6.07, 6.45) is -11.2. The number of hydrogen-bond acceptors (Lipinski definition) is 1. The number of nitrogens with one attached hydrogen (secondary N) is 2. The lowest BCUT2D eigenvalue weighted by molar-refractivity contribution is -0.255. The molecular formula is C11H10F6N2O. The number of carbonyl (C=O) groups excluding carboxylic acids is 1. The zero-order valence-electron chi connectivity index (χ0n) is 10.1. The number of halogens is 6. The number of rotatable bonds is 2. The summed E-state index contributed by atoms with van der Waals surface area (Å²) in [4.78, 5) is 11.2. The number of urea groups is 1. The van der Waals surface area contributed by atoms with Gasteiger partial charge >= 0.3 is 18.4 Å². The van der Waals surface area contributed by atoms with Gasteiger partial charge in [-0.05, 0) is 19.1 Å². The molecule has 0 saturated heterocycles. The molecule has 0 aliphatic rings. The summed E-state index contributed by atoms with van der Waals surface area (Å²) in [5, 5.41) is 2.75. The molecule has 0 heterocycles. The average Bonchev–Trinajstić information content (AvgIpc) is 2.26. The van der Waals surface area contributed by atoms with Gasteiger partial charge in [-0.3, -0.25) is 0 Å². The average molecular weight is 300 g/mol. The molecule has 0 atom stereocenters. The van der Waals surface area contributed by atoms with E-state index in [-0.39, 0.29) is 5.69 Å². The quantitative estimate of drug-likeness (QED) is 0.805. The van der Waals surface area contributed by atoms with Gasteiger partial charge < -0.3 is 10.6 Å². The summed E-state index contributed by atoms with van der Waals surface area (Å²) in [6.45, 7) is 1.73. The van der Waals surface area contributed by atoms with Crippen LogP contribution in [0.15, 0.2) is 24.3 Å². The van der Waals surface area contributed by atoms with Crippen molar-refractivity contribution in [2.45, 2.75) is 25.3 Å². The van der Waals surface area contributed by atoms with E-state index in [1.807, 2.05) is 5.32 Å². The number of benzene rings is 1. The van der Waals surface area contributed by atoms with Crippen molar-refractivity contribution in [3.63, 3.8) is 0 Å². The predicted octanol–water partition coefficient (Wildman–Crippen LogP) is 3.61. The molecule has 0 aliphatic heterocycles. The highest BCUT2D eigenvalue weighted by Gasteiger charge is 2.57. The highest BCUT2D eigenvalue weighted by Crippen LogP contribution is 2.33. The van der Waals surface area contributed by atoms with Crippen molar-refractivity contribution < 1.29 is 31.1 Å². The SMILES string of the molecule is Cc1ccc(NC(=O)NC(C(F)(F)F)C(F)(F)F)cc1. The lowest BCUT2D eigenvalue weighted by Gasteiger charge is -2.23. The monoisotopic (exact) mass is 300 g/mol. The van der Waals surface area contributed by atoms with Gasteiger partial charge in [0, 0.05) is 5.69 Å². The van der Waals surface area contributed by atoms with Gasteiger partial charge in [-0.15, -0.1) is 0 Å². The van der Waals surface area contributed by atoms with Gasteiger partial charge in [0.2, 0.25) is 6.04 Å². The van der Waals surface area contributed by atoms with E-state index in [9.17, 15) is 31.1 Å². The van der Waals surface area contributed by atoms with Crippen molar-refractivity contribution in [1.29, 1.82) is 0 Å². The third kappa shape index (κ3) is 4.63. The van der Waals surface area contributed by atoms with E-state index >= 15 is 0 Å². The molecule has 0 bridgehead atoms. The highest BCUT2D eigenvalue weighted by molar-refractivity contribution is 5.89. The first kappa shape index (κ1) is 16.1. The molecule has 0 aromatic heterocycles. The summed E-state index contributed by atoms with van der Waals surface area (Å²) >= 11 is 0. The standard InChI is InChI=1S/C11H10F6N2O/c1-6-2-4-7(5-3-6)18-9(20)19-8(10(12,13)14)11(15,16)17/h2-5,8H,1H3,(H2,18,19,20). The maximum atomic E-state index is 12.2. The minimum atomic E-state index is -5.62. The normalized spacial score (nSPS) is 12.4. The molecule has 1 aromatic carbocycles. The number of hydrogen-bond donors (Lipinski definition) is 2. The molecule has 1 rings (SSSR count). The Morgan fingerprint density at radius 1 is 1.00 bits per heavy atom. The zero-order chi connectivity index (χ0) is 15.6. The van der Waals surface area contributed by atoms with Gasteiger partial charge in [0.25, 0.3) is 0 Å². The van der Waals surface area contributed by atoms with Crippen LogP contribution in [0.2, 0.25) is 0 Å². The number of amides is 2. The molecule has 3 nitrogen and oxygen atoms in total. The third-order valence-corrected chi connectivity index (χ3v) is 2.24. The highest BCUT2D eigenvalue weighted by atomic mass is 19.4. The first-order valence-corrected chi connectivity index (χ1v) is 5.28. The molecule has 20 heavy (non-hydrogen) atoms. The Hall–Kier alpha value is -1.93. The van der Waals surface area contributed by atoms with E-state index in [2.05, 4.69) is 0 Å². The van der Waals surface area contributed by atoms with Crippen LogP contribution in [0.25, 0.3) is 0 Å². The maximum absolute atomic E-state index is 12.2. The fourth-order valence-corrected chi connectivity index (χ4v) is 1.28. The van der Waals surface area contributed by atoms with Crippen LogP contribution in [0.5, 0.6) is 0 Å². The van der Waals surface area contributed by atoms with E-state index in [1.165, 1.54) is 12.1 Å². The Morgan fingerprint density at radius 2 is 1.45 bits per heavy atom. The molecule has 0 spiro atoms. The molecule has 0 fully saturated rings. The number of alkyl halides is 6. The Labute approximate surface area is 110 Å². The summed E-state index contributed by atoms with van der Waals surface area (Å²) in [6, 6.07) is 0.284. The van der Waals surface area contributed by atoms with Gasteiger partial charge in [0.15, 0.2) is 0 Å². The molecule has 112 valence electrons. The Kier molecular flexibility index (Phi) is 4.51. The van der Waals surface area contributed by atoms with Gasteiger partial charge in [0.1, 0.15) is 0 Å². The molecule has 0 aliphatic carbocycles. The fourth-order valence-electron chi connectivity index (χ4n) is 1.28. The summed E-state index contributed by atoms with van der Waals surface area (Å²) in [5.74, 6) is 0. The Bertz CT molecular complexity index is 451. The first-order valence-electron chi connectivity index (χ1n) is 5.28. The second-order valence-corrected chi connectivity index (χ2v) is 3.98. The second-order valence-electron chi connectivity index (χ2n) is 3.98. The van der Waals surface area contributed by atoms with Crippen molar-refractivity contribution in [3.8, 4) is 0 Å². The molecule has 2 N–H and O–H groups in total. The number of carbonyl (C=O) groups is 1. The van der Waals surface area contributed by atoms with Crippen molar-refractivity contribution in [2.75, 3.05) is 5.32 Å². The molecule has 9 heteroatoms. The van der Waals surface area contributed by atoms with Crippen molar-refractivity contribution in [3.05, 3.63) is 29.8 Å². The molecule has 0 radical (unpaired) electrons. The lowest BCUT2D eigenvalue weighted by atomic mass is 10.2. The predicted molar refractivity (Wildman–Crippen MR) is 59.2 cm³/mol. The summed E-state index contributed by atoms with van der Waals surface area (Å²) in [7, 11) is 0. The van der Waals surface area contributed by atoms with Gasteiger partial charge in [-0.1, -0.05) is 17.7 Å². The minimum Gasteiger partial charge on any atom is -0.318 e. The molecule has 1 aromatic rings. The van der Waals surface area contributed by atoms with Crippen LogP contribution in [0.4, 0.5) is 36.8 Å². The van der Waals surface area contributed by atoms with Gasteiger partial charge in [-0.2, -0.15) is 26.3 Å². The molecular weight excluding hydrogens is 290 g/mol. The van der Waals surface area contributed by atoms with Crippen LogP contribution in [-0.2, 0) is 0 Å². The van der Waals surface area contributed by atoms with Crippen LogP contribution >= 0.6 is 0 Å². The first-order chi connectivity index (χ1) is 9.00. The van der Waals surface area contributed by atoms with Crippen molar-refractivity contribution >= 4 is 11.7 Å². The third-order valence-electron chi connectivity index (χ3n) is 2.24. The van der Waals surface area contributed by atoms with Crippen LogP contribution in [0.3, 0.4) is 0 Å². The molecule has 0 unspecified atom stereocenters. The van der Waals surface area contributed by atoms with E-state index < -0.39 is 24.4 Å². The Morgan fingerprint density at radius 3 is 1.85 bits per heavy atom. The lowest BCUT2D eigenvalue weighted by Crippen LogP contribution is -2.55. The molecule has 2 amide bonds. The largest absolute Gasteiger partial charge is 0.417 e.